The average Bonchev–Trinajstić information content (AvgIpc) is 2.94. The summed E-state index contributed by atoms with van der Waals surface area (Å²) in [6.07, 6.45) is 2.45. The maximum atomic E-state index is 5.28. The first kappa shape index (κ1) is 13.0. The van der Waals surface area contributed by atoms with Crippen molar-refractivity contribution in [1.82, 2.24) is 24.9 Å². The van der Waals surface area contributed by atoms with Gasteiger partial charge in [-0.15, -0.1) is 21.5 Å². The molecule has 0 saturated heterocycles. The van der Waals surface area contributed by atoms with Crippen LogP contribution in [0, 0.1) is 0 Å². The molecule has 0 amide bonds. The second-order valence-electron chi connectivity index (χ2n) is 4.95. The smallest absolute Gasteiger partial charge is 0.237 e. The van der Waals surface area contributed by atoms with Gasteiger partial charge in [0.15, 0.2) is 5.16 Å². The molecule has 6 nitrogen and oxygen atoms in total. The van der Waals surface area contributed by atoms with Crippen molar-refractivity contribution in [3.05, 3.63) is 29.2 Å². The number of aromatic nitrogens is 5. The molecule has 0 aromatic carbocycles. The maximum absolute atomic E-state index is 5.28. The van der Waals surface area contributed by atoms with Gasteiger partial charge in [-0.1, -0.05) is 23.0 Å². The van der Waals surface area contributed by atoms with E-state index in [1.54, 1.807) is 23.1 Å². The van der Waals surface area contributed by atoms with E-state index < -0.39 is 0 Å². The van der Waals surface area contributed by atoms with Crippen LogP contribution in [0.3, 0.4) is 0 Å². The first-order chi connectivity index (χ1) is 10.3. The maximum Gasteiger partial charge on any atom is 0.237 e. The van der Waals surface area contributed by atoms with E-state index in [1.807, 2.05) is 24.6 Å². The molecule has 0 bridgehead atoms. The molecule has 21 heavy (non-hydrogen) atoms. The van der Waals surface area contributed by atoms with Crippen molar-refractivity contribution in [2.45, 2.75) is 29.7 Å². The van der Waals surface area contributed by atoms with Gasteiger partial charge in [-0.2, -0.15) is 4.98 Å². The summed E-state index contributed by atoms with van der Waals surface area (Å²) in [6, 6.07) is 3.96. The van der Waals surface area contributed by atoms with Gasteiger partial charge in [-0.05, 0) is 24.3 Å². The Labute approximate surface area is 129 Å². The third kappa shape index (κ3) is 2.60. The summed E-state index contributed by atoms with van der Waals surface area (Å²) in [5.74, 6) is 3.55. The van der Waals surface area contributed by atoms with Crippen LogP contribution in [0.1, 0.15) is 30.5 Å². The highest BCUT2D eigenvalue weighted by atomic mass is 32.2. The van der Waals surface area contributed by atoms with Crippen molar-refractivity contribution in [3.8, 4) is 10.7 Å². The van der Waals surface area contributed by atoms with Crippen LogP contribution in [0.2, 0.25) is 0 Å². The molecule has 0 atom stereocenters. The number of rotatable bonds is 5. The van der Waals surface area contributed by atoms with Gasteiger partial charge in [0.2, 0.25) is 11.7 Å². The molecule has 0 unspecified atom stereocenters. The average molecular weight is 319 g/mol. The van der Waals surface area contributed by atoms with Crippen LogP contribution >= 0.6 is 23.1 Å². The molecule has 3 aromatic rings. The third-order valence-electron chi connectivity index (χ3n) is 3.35. The zero-order chi connectivity index (χ0) is 14.2. The molecular weight excluding hydrogens is 306 g/mol. The summed E-state index contributed by atoms with van der Waals surface area (Å²) in [7, 11) is 2.01. The van der Waals surface area contributed by atoms with Crippen LogP contribution in [-0.4, -0.2) is 24.9 Å². The van der Waals surface area contributed by atoms with Gasteiger partial charge in [0, 0.05) is 13.0 Å². The molecule has 1 fully saturated rings. The lowest BCUT2D eigenvalue weighted by atomic mass is 10.4. The van der Waals surface area contributed by atoms with Crippen molar-refractivity contribution < 1.29 is 4.52 Å². The van der Waals surface area contributed by atoms with Crippen LogP contribution in [0.5, 0.6) is 0 Å². The standard InChI is InChI=1S/C13H13N5OS2/c1-18-12(8-4-5-8)15-16-13(18)21-7-10-14-11(17-19-10)9-3-2-6-20-9/h2-3,6,8H,4-5,7H2,1H3. The summed E-state index contributed by atoms with van der Waals surface area (Å²) in [4.78, 5) is 5.42. The molecule has 1 aliphatic rings. The van der Waals surface area contributed by atoms with E-state index in [0.717, 1.165) is 15.9 Å². The molecule has 108 valence electrons. The van der Waals surface area contributed by atoms with Crippen LogP contribution in [-0.2, 0) is 12.8 Å². The summed E-state index contributed by atoms with van der Waals surface area (Å²) < 4.78 is 7.35. The summed E-state index contributed by atoms with van der Waals surface area (Å²) in [6.45, 7) is 0. The highest BCUT2D eigenvalue weighted by Crippen LogP contribution is 2.39. The van der Waals surface area contributed by atoms with Gasteiger partial charge in [0.05, 0.1) is 10.6 Å². The monoisotopic (exact) mass is 319 g/mol. The Kier molecular flexibility index (Phi) is 3.27. The zero-order valence-corrected chi connectivity index (χ0v) is 13.0. The normalized spacial score (nSPS) is 14.7. The zero-order valence-electron chi connectivity index (χ0n) is 11.4. The SMILES string of the molecule is Cn1c(SCc2nc(-c3cccs3)no2)nnc1C1CC1. The second-order valence-corrected chi connectivity index (χ2v) is 6.84. The highest BCUT2D eigenvalue weighted by molar-refractivity contribution is 7.98. The first-order valence-corrected chi connectivity index (χ1v) is 8.56. The van der Waals surface area contributed by atoms with Crippen molar-refractivity contribution in [1.29, 1.82) is 0 Å². The van der Waals surface area contributed by atoms with E-state index in [4.69, 9.17) is 4.52 Å². The number of thioether (sulfide) groups is 1. The summed E-state index contributed by atoms with van der Waals surface area (Å²) in [5, 5.41) is 15.4. The Hall–Kier alpha value is -1.67. The first-order valence-electron chi connectivity index (χ1n) is 6.70. The van der Waals surface area contributed by atoms with Crippen LogP contribution in [0.4, 0.5) is 0 Å². The Morgan fingerprint density at radius 2 is 2.33 bits per heavy atom. The van der Waals surface area contributed by atoms with E-state index in [2.05, 4.69) is 24.9 Å². The quantitative estimate of drug-likeness (QED) is 0.673. The number of nitrogens with zero attached hydrogens (tertiary/aromatic N) is 5. The molecule has 3 heterocycles. The topological polar surface area (TPSA) is 69.6 Å². The summed E-state index contributed by atoms with van der Waals surface area (Å²) >= 11 is 3.17. The van der Waals surface area contributed by atoms with E-state index in [-0.39, 0.29) is 0 Å². The van der Waals surface area contributed by atoms with Gasteiger partial charge in [-0.25, -0.2) is 0 Å². The highest BCUT2D eigenvalue weighted by Gasteiger charge is 2.29. The predicted octanol–water partition coefficient (Wildman–Crippen LogP) is 3.10. The van der Waals surface area contributed by atoms with E-state index in [9.17, 15) is 0 Å². The van der Waals surface area contributed by atoms with Crippen LogP contribution in [0.25, 0.3) is 10.7 Å². The van der Waals surface area contributed by atoms with Crippen LogP contribution < -0.4 is 0 Å². The molecule has 0 radical (unpaired) electrons. The van der Waals surface area contributed by atoms with Crippen molar-refractivity contribution in [2.75, 3.05) is 0 Å². The number of thiophene rings is 1. The predicted molar refractivity (Wildman–Crippen MR) is 80.2 cm³/mol. The molecule has 0 N–H and O–H groups in total. The summed E-state index contributed by atoms with van der Waals surface area (Å²) in [5.41, 5.74) is 0. The molecule has 8 heteroatoms. The number of hydrogen-bond donors (Lipinski definition) is 0. The largest absolute Gasteiger partial charge is 0.338 e. The Balaban J connectivity index is 1.45. The van der Waals surface area contributed by atoms with Crippen molar-refractivity contribution >= 4 is 23.1 Å². The molecular formula is C13H13N5OS2. The van der Waals surface area contributed by atoms with Gasteiger partial charge in [0.25, 0.3) is 0 Å². The van der Waals surface area contributed by atoms with E-state index in [1.165, 1.54) is 12.8 Å². The fourth-order valence-corrected chi connectivity index (χ4v) is 3.50. The van der Waals surface area contributed by atoms with E-state index in [0.29, 0.717) is 23.4 Å². The second kappa shape index (κ2) is 5.27. The lowest BCUT2D eigenvalue weighted by molar-refractivity contribution is 0.391. The molecule has 1 aliphatic carbocycles. The van der Waals surface area contributed by atoms with Gasteiger partial charge >= 0.3 is 0 Å². The third-order valence-corrected chi connectivity index (χ3v) is 5.22. The minimum absolute atomic E-state index is 0.602. The van der Waals surface area contributed by atoms with E-state index >= 15 is 0 Å². The fourth-order valence-electron chi connectivity index (χ4n) is 2.09. The molecule has 1 saturated carbocycles. The van der Waals surface area contributed by atoms with Crippen molar-refractivity contribution in [2.24, 2.45) is 7.05 Å². The van der Waals surface area contributed by atoms with Gasteiger partial charge in [-0.3, -0.25) is 0 Å². The number of hydrogen-bond acceptors (Lipinski definition) is 7. The molecule has 0 aliphatic heterocycles. The lowest BCUT2D eigenvalue weighted by Crippen LogP contribution is -1.97. The molecule has 4 rings (SSSR count). The van der Waals surface area contributed by atoms with Crippen molar-refractivity contribution in [3.63, 3.8) is 0 Å². The Bertz CT molecular complexity index is 745. The lowest BCUT2D eigenvalue weighted by Gasteiger charge is -2.00. The fraction of sp³-hybridized carbons (Fsp3) is 0.385. The van der Waals surface area contributed by atoms with Crippen LogP contribution in [0.15, 0.2) is 27.2 Å². The molecule has 0 spiro atoms. The Morgan fingerprint density at radius 1 is 1.43 bits per heavy atom. The molecule has 3 aromatic heterocycles. The Morgan fingerprint density at radius 3 is 3.10 bits per heavy atom. The van der Waals surface area contributed by atoms with Gasteiger partial charge < -0.3 is 9.09 Å². The van der Waals surface area contributed by atoms with Gasteiger partial charge in [0.1, 0.15) is 5.82 Å². The minimum Gasteiger partial charge on any atom is -0.338 e. The minimum atomic E-state index is 0.602.